The molecule has 1 N–H and O–H groups in total. The Morgan fingerprint density at radius 2 is 2.33 bits per heavy atom. The van der Waals surface area contributed by atoms with Crippen LogP contribution in [-0.4, -0.2) is 45.5 Å². The Labute approximate surface area is 108 Å². The average molecular weight is 274 g/mol. The predicted octanol–water partition coefficient (Wildman–Crippen LogP) is 1.10. The molecule has 18 heavy (non-hydrogen) atoms. The molecule has 7 nitrogen and oxygen atoms in total. The van der Waals surface area contributed by atoms with Gasteiger partial charge in [0.05, 0.1) is 23.1 Å². The van der Waals surface area contributed by atoms with Gasteiger partial charge in [-0.1, -0.05) is 11.6 Å². The molecule has 0 radical (unpaired) electrons. The lowest BCUT2D eigenvalue weighted by Gasteiger charge is -2.23. The van der Waals surface area contributed by atoms with Gasteiger partial charge in [0.1, 0.15) is 11.3 Å². The summed E-state index contributed by atoms with van der Waals surface area (Å²) in [5.41, 5.74) is -0.374. The molecule has 0 aliphatic rings. The van der Waals surface area contributed by atoms with Gasteiger partial charge in [-0.25, -0.2) is 4.98 Å². The first kappa shape index (κ1) is 14.3. The number of rotatable bonds is 4. The van der Waals surface area contributed by atoms with Crippen LogP contribution in [0.2, 0.25) is 5.15 Å². The van der Waals surface area contributed by atoms with Gasteiger partial charge in [-0.15, -0.1) is 0 Å². The summed E-state index contributed by atoms with van der Waals surface area (Å²) < 4.78 is 0. The maximum Gasteiger partial charge on any atom is 0.288 e. The first-order valence-electron chi connectivity index (χ1n) is 5.06. The van der Waals surface area contributed by atoms with Crippen LogP contribution in [0.1, 0.15) is 17.3 Å². The molecule has 8 heteroatoms. The van der Waals surface area contributed by atoms with Crippen molar-refractivity contribution in [2.24, 2.45) is 0 Å². The smallest absolute Gasteiger partial charge is 0.288 e. The van der Waals surface area contributed by atoms with Crippen LogP contribution in [0, 0.1) is 10.1 Å². The fourth-order valence-corrected chi connectivity index (χ4v) is 1.38. The van der Waals surface area contributed by atoms with E-state index in [1.807, 2.05) is 0 Å². The molecule has 1 atom stereocenters. The van der Waals surface area contributed by atoms with E-state index in [2.05, 4.69) is 4.98 Å². The van der Waals surface area contributed by atoms with E-state index in [0.717, 1.165) is 12.3 Å². The Hall–Kier alpha value is -1.73. The number of carbonyl (C=O) groups is 1. The Bertz CT molecular complexity index is 480. The minimum absolute atomic E-state index is 0.0614. The van der Waals surface area contributed by atoms with Crippen LogP contribution in [0.4, 0.5) is 5.69 Å². The lowest BCUT2D eigenvalue weighted by atomic mass is 10.2. The standard InChI is InChI=1S/C10H12ClN3O4/c1-6(5-15)13(2)10(16)8-3-7(14(17)18)4-12-9(8)11/h3-4,6,15H,5H2,1-2H3. The molecule has 0 aromatic carbocycles. The summed E-state index contributed by atoms with van der Waals surface area (Å²) in [6, 6.07) is 0.644. The molecule has 98 valence electrons. The van der Waals surface area contributed by atoms with Crippen molar-refractivity contribution in [1.29, 1.82) is 0 Å². The van der Waals surface area contributed by atoms with E-state index in [-0.39, 0.29) is 23.0 Å². The Morgan fingerprint density at radius 1 is 1.72 bits per heavy atom. The number of likely N-dealkylation sites (N-methyl/N-ethyl adjacent to an activating group) is 1. The van der Waals surface area contributed by atoms with Crippen molar-refractivity contribution in [2.75, 3.05) is 13.7 Å². The summed E-state index contributed by atoms with van der Waals surface area (Å²) in [4.78, 5) is 26.8. The van der Waals surface area contributed by atoms with Gasteiger partial charge in [0, 0.05) is 13.1 Å². The van der Waals surface area contributed by atoms with Gasteiger partial charge in [-0.3, -0.25) is 14.9 Å². The van der Waals surface area contributed by atoms with Crippen molar-refractivity contribution in [1.82, 2.24) is 9.88 Å². The van der Waals surface area contributed by atoms with Crippen LogP contribution < -0.4 is 0 Å². The molecular weight excluding hydrogens is 262 g/mol. The topological polar surface area (TPSA) is 96.6 Å². The summed E-state index contributed by atoms with van der Waals surface area (Å²) >= 11 is 5.74. The molecule has 1 amide bonds. The zero-order valence-electron chi connectivity index (χ0n) is 9.83. The molecule has 0 bridgehead atoms. The van der Waals surface area contributed by atoms with Crippen molar-refractivity contribution in [2.45, 2.75) is 13.0 Å². The summed E-state index contributed by atoms with van der Waals surface area (Å²) in [6.45, 7) is 1.42. The monoisotopic (exact) mass is 273 g/mol. The van der Waals surface area contributed by atoms with Gasteiger partial charge in [0.15, 0.2) is 0 Å². The minimum atomic E-state index is -0.657. The highest BCUT2D eigenvalue weighted by atomic mass is 35.5. The van der Waals surface area contributed by atoms with Crippen molar-refractivity contribution >= 4 is 23.2 Å². The molecule has 0 fully saturated rings. The highest BCUT2D eigenvalue weighted by molar-refractivity contribution is 6.32. The third-order valence-electron chi connectivity index (χ3n) is 2.51. The van der Waals surface area contributed by atoms with Gasteiger partial charge < -0.3 is 10.0 Å². The van der Waals surface area contributed by atoms with Crippen molar-refractivity contribution in [3.63, 3.8) is 0 Å². The number of pyridine rings is 1. The van der Waals surface area contributed by atoms with Crippen molar-refractivity contribution in [3.05, 3.63) is 33.1 Å². The fraction of sp³-hybridized carbons (Fsp3) is 0.400. The molecule has 1 aromatic heterocycles. The van der Waals surface area contributed by atoms with Crippen LogP contribution in [-0.2, 0) is 0 Å². The normalized spacial score (nSPS) is 12.0. The van der Waals surface area contributed by atoms with E-state index in [0.29, 0.717) is 0 Å². The largest absolute Gasteiger partial charge is 0.394 e. The van der Waals surface area contributed by atoms with Crippen LogP contribution in [0.3, 0.4) is 0 Å². The number of nitro groups is 1. The van der Waals surface area contributed by atoms with Gasteiger partial charge >= 0.3 is 0 Å². The number of aromatic nitrogens is 1. The number of aliphatic hydroxyl groups is 1. The van der Waals surface area contributed by atoms with Crippen LogP contribution in [0.25, 0.3) is 0 Å². The minimum Gasteiger partial charge on any atom is -0.394 e. The maximum absolute atomic E-state index is 12.0. The number of hydrogen-bond acceptors (Lipinski definition) is 5. The summed E-state index contributed by atoms with van der Waals surface area (Å²) in [5, 5.41) is 19.5. The molecular formula is C10H12ClN3O4. The third-order valence-corrected chi connectivity index (χ3v) is 2.81. The van der Waals surface area contributed by atoms with E-state index < -0.39 is 16.9 Å². The molecule has 0 aliphatic heterocycles. The number of aliphatic hydroxyl groups excluding tert-OH is 1. The zero-order chi connectivity index (χ0) is 13.9. The van der Waals surface area contributed by atoms with E-state index in [1.54, 1.807) is 6.92 Å². The van der Waals surface area contributed by atoms with E-state index in [4.69, 9.17) is 16.7 Å². The number of nitrogens with zero attached hydrogens (tertiary/aromatic N) is 3. The summed E-state index contributed by atoms with van der Waals surface area (Å²) in [6.07, 6.45) is 0.981. The van der Waals surface area contributed by atoms with Gasteiger partial charge in [-0.2, -0.15) is 0 Å². The van der Waals surface area contributed by atoms with Crippen LogP contribution in [0.5, 0.6) is 0 Å². The molecule has 0 spiro atoms. The SMILES string of the molecule is CC(CO)N(C)C(=O)c1cc([N+](=O)[O-])cnc1Cl. The summed E-state index contributed by atoms with van der Waals surface area (Å²) in [7, 11) is 1.47. The number of hydrogen-bond donors (Lipinski definition) is 1. The van der Waals surface area contributed by atoms with Gasteiger partial charge in [-0.05, 0) is 6.92 Å². The number of halogens is 1. The second-order valence-electron chi connectivity index (χ2n) is 3.74. The highest BCUT2D eigenvalue weighted by Gasteiger charge is 2.22. The van der Waals surface area contributed by atoms with Crippen LogP contribution in [0.15, 0.2) is 12.3 Å². The second kappa shape index (κ2) is 5.74. The van der Waals surface area contributed by atoms with Gasteiger partial charge in [0.25, 0.3) is 11.6 Å². The molecule has 0 saturated heterocycles. The lowest BCUT2D eigenvalue weighted by molar-refractivity contribution is -0.385. The maximum atomic E-state index is 12.0. The molecule has 1 aromatic rings. The zero-order valence-corrected chi connectivity index (χ0v) is 10.6. The quantitative estimate of drug-likeness (QED) is 0.503. The van der Waals surface area contributed by atoms with Gasteiger partial charge in [0.2, 0.25) is 0 Å². The van der Waals surface area contributed by atoms with E-state index >= 15 is 0 Å². The molecule has 0 aliphatic carbocycles. The third kappa shape index (κ3) is 2.93. The van der Waals surface area contributed by atoms with E-state index in [1.165, 1.54) is 11.9 Å². The Morgan fingerprint density at radius 3 is 2.83 bits per heavy atom. The van der Waals surface area contributed by atoms with Crippen molar-refractivity contribution < 1.29 is 14.8 Å². The number of carbonyl (C=O) groups excluding carboxylic acids is 1. The summed E-state index contributed by atoms with van der Waals surface area (Å²) in [5.74, 6) is -0.530. The molecule has 1 heterocycles. The molecule has 1 rings (SSSR count). The Kier molecular flexibility index (Phi) is 4.57. The molecule has 1 unspecified atom stereocenters. The fourth-order valence-electron chi connectivity index (χ4n) is 1.20. The number of amides is 1. The first-order valence-corrected chi connectivity index (χ1v) is 5.44. The average Bonchev–Trinajstić information content (AvgIpc) is 2.36. The van der Waals surface area contributed by atoms with Crippen molar-refractivity contribution in [3.8, 4) is 0 Å². The predicted molar refractivity (Wildman–Crippen MR) is 64.5 cm³/mol. The lowest BCUT2D eigenvalue weighted by Crippen LogP contribution is -2.37. The highest BCUT2D eigenvalue weighted by Crippen LogP contribution is 2.20. The second-order valence-corrected chi connectivity index (χ2v) is 4.09. The molecule has 0 saturated carbocycles. The first-order chi connectivity index (χ1) is 8.38. The Balaban J connectivity index is 3.12. The van der Waals surface area contributed by atoms with E-state index in [9.17, 15) is 14.9 Å². The van der Waals surface area contributed by atoms with Crippen LogP contribution >= 0.6 is 11.6 Å².